The lowest BCUT2D eigenvalue weighted by molar-refractivity contribution is -0.137. The number of nitrogens with zero attached hydrogens (tertiary/aromatic N) is 8. The lowest BCUT2D eigenvalue weighted by Gasteiger charge is -2.41. The van der Waals surface area contributed by atoms with Crippen LogP contribution >= 0.6 is 12.2 Å². The first-order valence-corrected chi connectivity index (χ1v) is 15.8. The number of amides is 1. The van der Waals surface area contributed by atoms with Gasteiger partial charge in [-0.25, -0.2) is 14.6 Å². The van der Waals surface area contributed by atoms with E-state index in [9.17, 15) is 4.79 Å². The number of aromatic nitrogens is 4. The van der Waals surface area contributed by atoms with Crippen LogP contribution in [0.25, 0.3) is 11.0 Å². The van der Waals surface area contributed by atoms with Gasteiger partial charge in [0.05, 0.1) is 24.7 Å². The number of anilines is 1. The minimum atomic E-state index is 0.0897. The summed E-state index contributed by atoms with van der Waals surface area (Å²) in [5.74, 6) is 2.12. The summed E-state index contributed by atoms with van der Waals surface area (Å²) in [6.07, 6.45) is 7.27. The Morgan fingerprint density at radius 1 is 1.09 bits per heavy atom. The predicted molar refractivity (Wildman–Crippen MR) is 173 cm³/mol. The van der Waals surface area contributed by atoms with Crippen molar-refractivity contribution in [2.45, 2.75) is 45.2 Å². The molecule has 0 unspecified atom stereocenters. The summed E-state index contributed by atoms with van der Waals surface area (Å²) < 4.78 is 7.57. The van der Waals surface area contributed by atoms with Crippen molar-refractivity contribution in [1.29, 1.82) is 0 Å². The molecule has 1 aromatic carbocycles. The first kappa shape index (κ1) is 30.9. The molecule has 2 aliphatic rings. The fraction of sp³-hybridized carbons (Fsp3) is 0.581. The molecule has 0 radical (unpaired) electrons. The minimum absolute atomic E-state index is 0.0897. The zero-order valence-electron chi connectivity index (χ0n) is 25.9. The maximum absolute atomic E-state index is 13.5. The second-order valence-corrected chi connectivity index (χ2v) is 12.1. The molecule has 12 heteroatoms. The highest BCUT2D eigenvalue weighted by Gasteiger charge is 2.34. The molecule has 2 fully saturated rings. The van der Waals surface area contributed by atoms with E-state index in [0.29, 0.717) is 38.2 Å². The van der Waals surface area contributed by atoms with Gasteiger partial charge in [-0.05, 0) is 76.6 Å². The number of ether oxygens (including phenoxy) is 1. The number of nitrogens with one attached hydrogen (secondary N) is 1. The molecule has 1 saturated carbocycles. The summed E-state index contributed by atoms with van der Waals surface area (Å²) in [4.78, 5) is 31.5. The second-order valence-electron chi connectivity index (χ2n) is 11.7. The Morgan fingerprint density at radius 2 is 1.86 bits per heavy atom. The first-order chi connectivity index (χ1) is 20.9. The Balaban J connectivity index is 1.17. The minimum Gasteiger partial charge on any atom is -0.494 e. The Kier molecular flexibility index (Phi) is 10.3. The molecule has 3 heterocycles. The number of piperazine rings is 1. The normalized spacial score (nSPS) is 19.1. The largest absolute Gasteiger partial charge is 0.494 e. The molecule has 11 nitrogen and oxygen atoms in total. The zero-order valence-corrected chi connectivity index (χ0v) is 26.7. The molecule has 5 rings (SSSR count). The molecule has 43 heavy (non-hydrogen) atoms. The smallest absolute Gasteiger partial charge is 0.225 e. The summed E-state index contributed by atoms with van der Waals surface area (Å²) >= 11 is 5.62. The van der Waals surface area contributed by atoms with Crippen LogP contribution in [0.1, 0.15) is 38.2 Å². The van der Waals surface area contributed by atoms with Crippen molar-refractivity contribution in [1.82, 2.24) is 39.8 Å². The third-order valence-electron chi connectivity index (χ3n) is 8.59. The number of fused-ring (bicyclic) bond motifs is 1. The van der Waals surface area contributed by atoms with Gasteiger partial charge in [-0.3, -0.25) is 4.79 Å². The molecule has 1 aliphatic heterocycles. The standard InChI is InChI=1S/C31H45N9O2S/c1-5-42-26-8-6-7-23(19-26)21-40-29-27(20-35-40)28(33-22-34-29)37-14-16-38(17-15-37)30(41)24-9-11-25(12-10-24)39(31(43)32-2)18-13-36(3)4/h6-8,19-20,22,24-25H,5,9-18,21H2,1-4H3,(H,32,43). The molecule has 232 valence electrons. The molecule has 1 amide bonds. The Hall–Kier alpha value is -3.51. The maximum atomic E-state index is 13.5. The van der Waals surface area contributed by atoms with Crippen LogP contribution in [0.15, 0.2) is 36.8 Å². The van der Waals surface area contributed by atoms with Gasteiger partial charge in [-0.1, -0.05) is 12.1 Å². The van der Waals surface area contributed by atoms with Crippen LogP contribution < -0.4 is 15.0 Å². The maximum Gasteiger partial charge on any atom is 0.225 e. The summed E-state index contributed by atoms with van der Waals surface area (Å²) in [7, 11) is 6.06. The fourth-order valence-electron chi connectivity index (χ4n) is 6.25. The van der Waals surface area contributed by atoms with Gasteiger partial charge in [0.1, 0.15) is 17.9 Å². The van der Waals surface area contributed by atoms with E-state index in [4.69, 9.17) is 17.0 Å². The van der Waals surface area contributed by atoms with Gasteiger partial charge in [-0.2, -0.15) is 5.10 Å². The Bertz CT molecular complexity index is 1380. The first-order valence-electron chi connectivity index (χ1n) is 15.4. The van der Waals surface area contributed by atoms with Gasteiger partial charge in [0, 0.05) is 58.3 Å². The monoisotopic (exact) mass is 607 g/mol. The number of carbonyl (C=O) groups is 1. The van der Waals surface area contributed by atoms with Crippen LogP contribution in [-0.2, 0) is 11.3 Å². The number of hydrogen-bond donors (Lipinski definition) is 1. The van der Waals surface area contributed by atoms with E-state index in [0.717, 1.165) is 85.1 Å². The molecule has 2 aromatic heterocycles. The van der Waals surface area contributed by atoms with E-state index in [-0.39, 0.29) is 5.92 Å². The molecule has 1 aliphatic carbocycles. The van der Waals surface area contributed by atoms with Gasteiger partial charge in [0.25, 0.3) is 0 Å². The number of thiocarbonyl (C=S) groups is 1. The number of benzene rings is 1. The van der Waals surface area contributed by atoms with Crippen molar-refractivity contribution < 1.29 is 9.53 Å². The molecule has 1 saturated heterocycles. The Morgan fingerprint density at radius 3 is 2.56 bits per heavy atom. The van der Waals surface area contributed by atoms with E-state index >= 15 is 0 Å². The molecule has 0 atom stereocenters. The average molecular weight is 608 g/mol. The van der Waals surface area contributed by atoms with E-state index in [1.807, 2.05) is 43.0 Å². The molecule has 0 spiro atoms. The van der Waals surface area contributed by atoms with Gasteiger partial charge in [-0.15, -0.1) is 0 Å². The summed E-state index contributed by atoms with van der Waals surface area (Å²) in [6, 6.07) is 8.46. The van der Waals surface area contributed by atoms with Gasteiger partial charge in [0.15, 0.2) is 10.8 Å². The van der Waals surface area contributed by atoms with Crippen LogP contribution in [0, 0.1) is 5.92 Å². The number of carbonyl (C=O) groups excluding carboxylic acids is 1. The lowest BCUT2D eigenvalue weighted by Crippen LogP contribution is -2.52. The third-order valence-corrected chi connectivity index (χ3v) is 9.03. The van der Waals surface area contributed by atoms with Gasteiger partial charge < -0.3 is 29.7 Å². The highest BCUT2D eigenvalue weighted by molar-refractivity contribution is 7.80. The summed E-state index contributed by atoms with van der Waals surface area (Å²) in [5, 5.41) is 9.53. The average Bonchev–Trinajstić information content (AvgIpc) is 3.44. The third kappa shape index (κ3) is 7.35. The van der Waals surface area contributed by atoms with Crippen molar-refractivity contribution in [3.05, 3.63) is 42.4 Å². The number of rotatable bonds is 10. The molecule has 0 bridgehead atoms. The topological polar surface area (TPSA) is 94.9 Å². The van der Waals surface area contributed by atoms with Gasteiger partial charge >= 0.3 is 0 Å². The van der Waals surface area contributed by atoms with Crippen molar-refractivity contribution in [2.24, 2.45) is 5.92 Å². The highest BCUT2D eigenvalue weighted by atomic mass is 32.1. The Labute approximate surface area is 260 Å². The fourth-order valence-corrected chi connectivity index (χ4v) is 6.49. The molecular weight excluding hydrogens is 562 g/mol. The van der Waals surface area contributed by atoms with Crippen molar-refractivity contribution in [3.63, 3.8) is 0 Å². The molecular formula is C31H45N9O2S. The van der Waals surface area contributed by atoms with Crippen molar-refractivity contribution in [3.8, 4) is 5.75 Å². The number of hydrogen-bond acceptors (Lipinski definition) is 8. The van der Waals surface area contributed by atoms with E-state index in [2.05, 4.69) is 60.1 Å². The van der Waals surface area contributed by atoms with Crippen LogP contribution in [0.4, 0.5) is 5.82 Å². The molecule has 3 aromatic rings. The number of likely N-dealkylation sites (N-methyl/N-ethyl adjacent to an activating group) is 1. The van der Waals surface area contributed by atoms with E-state index in [1.54, 1.807) is 6.33 Å². The van der Waals surface area contributed by atoms with E-state index < -0.39 is 0 Å². The van der Waals surface area contributed by atoms with Crippen molar-refractivity contribution in [2.75, 3.05) is 71.9 Å². The van der Waals surface area contributed by atoms with Crippen molar-refractivity contribution >= 4 is 40.1 Å². The lowest BCUT2D eigenvalue weighted by atomic mass is 9.84. The summed E-state index contributed by atoms with van der Waals surface area (Å²) in [6.45, 7) is 7.93. The SMILES string of the molecule is CCOc1cccc(Cn2ncc3c(N4CCN(C(=O)C5CCC(N(CCN(C)C)C(=S)NC)CC5)CC4)ncnc32)c1. The summed E-state index contributed by atoms with van der Waals surface area (Å²) in [5.41, 5.74) is 1.91. The predicted octanol–water partition coefficient (Wildman–Crippen LogP) is 2.85. The van der Waals surface area contributed by atoms with Crippen LogP contribution in [0.2, 0.25) is 0 Å². The van der Waals surface area contributed by atoms with Crippen LogP contribution in [0.5, 0.6) is 5.75 Å². The van der Waals surface area contributed by atoms with E-state index in [1.165, 1.54) is 0 Å². The second kappa shape index (κ2) is 14.3. The van der Waals surface area contributed by atoms with Gasteiger partial charge in [0.2, 0.25) is 5.91 Å². The van der Waals surface area contributed by atoms with Crippen LogP contribution in [-0.4, -0.2) is 119 Å². The zero-order chi connectivity index (χ0) is 30.3. The highest BCUT2D eigenvalue weighted by Crippen LogP contribution is 2.30. The van der Waals surface area contributed by atoms with Crippen LogP contribution in [0.3, 0.4) is 0 Å². The quantitative estimate of drug-likeness (QED) is 0.347. The molecule has 1 N–H and O–H groups in total.